The summed E-state index contributed by atoms with van der Waals surface area (Å²) in [4.78, 5) is 11.1. The van der Waals surface area contributed by atoms with Crippen LogP contribution in [0.4, 0.5) is 0 Å². The molecule has 0 spiro atoms. The van der Waals surface area contributed by atoms with Crippen LogP contribution in [0.15, 0.2) is 0 Å². The van der Waals surface area contributed by atoms with Gasteiger partial charge in [-0.05, 0) is 20.0 Å². The quantitative estimate of drug-likeness (QED) is 0.550. The molecule has 0 aromatic rings. The Bertz CT molecular complexity index is 262. The van der Waals surface area contributed by atoms with Crippen LogP contribution in [0.5, 0.6) is 0 Å². The van der Waals surface area contributed by atoms with E-state index in [2.05, 4.69) is 10.6 Å². The van der Waals surface area contributed by atoms with Crippen molar-refractivity contribution < 1.29 is 13.2 Å². The Kier molecular flexibility index (Phi) is 6.48. The maximum absolute atomic E-state index is 11.1. The summed E-state index contributed by atoms with van der Waals surface area (Å²) in [6.07, 6.45) is 2.35. The third-order valence-corrected chi connectivity index (χ3v) is 2.57. The minimum Gasteiger partial charge on any atom is -0.355 e. The normalized spacial score (nSPS) is 11.3. The molecule has 84 valence electrons. The van der Waals surface area contributed by atoms with Crippen LogP contribution in [0.2, 0.25) is 0 Å². The highest BCUT2D eigenvalue weighted by atomic mass is 32.2. The van der Waals surface area contributed by atoms with Crippen molar-refractivity contribution in [2.24, 2.45) is 0 Å². The molecule has 0 aromatic carbocycles. The average molecular weight is 222 g/mol. The fourth-order valence-electron chi connectivity index (χ4n) is 0.890. The summed E-state index contributed by atoms with van der Waals surface area (Å²) in [6.45, 7) is 0.997. The van der Waals surface area contributed by atoms with Crippen molar-refractivity contribution in [1.29, 1.82) is 0 Å². The minimum atomic E-state index is -2.97. The van der Waals surface area contributed by atoms with Gasteiger partial charge in [-0.15, -0.1) is 0 Å². The SMILES string of the molecule is CNCCCC(=O)NCCS(C)(=O)=O. The monoisotopic (exact) mass is 222 g/mol. The molecule has 0 rings (SSSR count). The maximum atomic E-state index is 11.1. The highest BCUT2D eigenvalue weighted by molar-refractivity contribution is 7.90. The summed E-state index contributed by atoms with van der Waals surface area (Å²) in [5, 5.41) is 5.48. The van der Waals surface area contributed by atoms with Crippen molar-refractivity contribution in [1.82, 2.24) is 10.6 Å². The average Bonchev–Trinajstić information content (AvgIpc) is 2.02. The van der Waals surface area contributed by atoms with Crippen LogP contribution in [0.1, 0.15) is 12.8 Å². The van der Waals surface area contributed by atoms with Crippen molar-refractivity contribution in [3.8, 4) is 0 Å². The first-order valence-corrected chi connectivity index (χ1v) is 6.61. The number of amides is 1. The Hall–Kier alpha value is -0.620. The summed E-state index contributed by atoms with van der Waals surface area (Å²) >= 11 is 0. The number of hydrogen-bond acceptors (Lipinski definition) is 4. The van der Waals surface area contributed by atoms with Gasteiger partial charge in [0.2, 0.25) is 5.91 Å². The molecule has 1 amide bonds. The predicted octanol–water partition coefficient (Wildman–Crippen LogP) is -0.853. The fourth-order valence-corrected chi connectivity index (χ4v) is 1.36. The first-order valence-electron chi connectivity index (χ1n) is 4.55. The first-order chi connectivity index (χ1) is 6.45. The fraction of sp³-hybridized carbons (Fsp3) is 0.875. The summed E-state index contributed by atoms with van der Waals surface area (Å²) in [6, 6.07) is 0. The second-order valence-corrected chi connectivity index (χ2v) is 5.45. The Labute approximate surface area is 85.2 Å². The molecule has 0 aliphatic carbocycles. The van der Waals surface area contributed by atoms with E-state index in [1.54, 1.807) is 0 Å². The molecule has 2 N–H and O–H groups in total. The van der Waals surface area contributed by atoms with E-state index in [0.717, 1.165) is 19.2 Å². The van der Waals surface area contributed by atoms with Crippen LogP contribution in [0, 0.1) is 0 Å². The molecular weight excluding hydrogens is 204 g/mol. The molecule has 0 aliphatic rings. The van der Waals surface area contributed by atoms with E-state index in [-0.39, 0.29) is 18.2 Å². The molecule has 0 saturated carbocycles. The number of hydrogen-bond donors (Lipinski definition) is 2. The first kappa shape index (κ1) is 13.4. The largest absolute Gasteiger partial charge is 0.355 e. The number of sulfone groups is 1. The minimum absolute atomic E-state index is 0.00473. The van der Waals surface area contributed by atoms with Gasteiger partial charge in [0.1, 0.15) is 9.84 Å². The van der Waals surface area contributed by atoms with Crippen LogP contribution >= 0.6 is 0 Å². The van der Waals surface area contributed by atoms with E-state index >= 15 is 0 Å². The standard InChI is InChI=1S/C8H18N2O3S/c1-9-5-3-4-8(11)10-6-7-14(2,12)13/h9H,3-7H2,1-2H3,(H,10,11). The van der Waals surface area contributed by atoms with E-state index in [0.29, 0.717) is 6.42 Å². The maximum Gasteiger partial charge on any atom is 0.220 e. The van der Waals surface area contributed by atoms with Crippen molar-refractivity contribution in [3.05, 3.63) is 0 Å². The molecule has 0 heterocycles. The van der Waals surface area contributed by atoms with Crippen molar-refractivity contribution >= 4 is 15.7 Å². The van der Waals surface area contributed by atoms with Gasteiger partial charge >= 0.3 is 0 Å². The molecule has 0 fully saturated rings. The third kappa shape index (κ3) is 9.47. The Morgan fingerprint density at radius 2 is 1.93 bits per heavy atom. The Morgan fingerprint density at radius 1 is 1.29 bits per heavy atom. The Balaban J connectivity index is 3.45. The van der Waals surface area contributed by atoms with E-state index in [4.69, 9.17) is 0 Å². The summed E-state index contributed by atoms with van der Waals surface area (Å²) in [5.74, 6) is -0.0889. The molecular formula is C8H18N2O3S. The van der Waals surface area contributed by atoms with Gasteiger partial charge in [0.05, 0.1) is 5.75 Å². The second kappa shape index (κ2) is 6.78. The molecule has 0 aromatic heterocycles. The second-order valence-electron chi connectivity index (χ2n) is 3.19. The van der Waals surface area contributed by atoms with Crippen LogP contribution < -0.4 is 10.6 Å². The lowest BCUT2D eigenvalue weighted by Gasteiger charge is -2.03. The van der Waals surface area contributed by atoms with Gasteiger partial charge in [0.15, 0.2) is 0 Å². The van der Waals surface area contributed by atoms with Crippen LogP contribution in [-0.4, -0.2) is 46.5 Å². The van der Waals surface area contributed by atoms with Gasteiger partial charge in [-0.2, -0.15) is 0 Å². The zero-order chi connectivity index (χ0) is 11.0. The molecule has 0 unspecified atom stereocenters. The molecule has 0 bridgehead atoms. The van der Waals surface area contributed by atoms with Gasteiger partial charge in [0.25, 0.3) is 0 Å². The molecule has 0 aliphatic heterocycles. The number of carbonyl (C=O) groups excluding carboxylic acids is 1. The Morgan fingerprint density at radius 3 is 2.43 bits per heavy atom. The smallest absolute Gasteiger partial charge is 0.220 e. The van der Waals surface area contributed by atoms with Gasteiger partial charge < -0.3 is 10.6 Å². The number of rotatable bonds is 7. The molecule has 0 atom stereocenters. The van der Waals surface area contributed by atoms with Crippen molar-refractivity contribution in [2.75, 3.05) is 32.1 Å². The lowest BCUT2D eigenvalue weighted by Crippen LogP contribution is -2.29. The molecule has 14 heavy (non-hydrogen) atoms. The lowest BCUT2D eigenvalue weighted by molar-refractivity contribution is -0.121. The van der Waals surface area contributed by atoms with Crippen molar-refractivity contribution in [3.63, 3.8) is 0 Å². The van der Waals surface area contributed by atoms with E-state index < -0.39 is 9.84 Å². The van der Waals surface area contributed by atoms with E-state index in [1.165, 1.54) is 0 Å². The summed E-state index contributed by atoms with van der Waals surface area (Å²) < 4.78 is 21.4. The van der Waals surface area contributed by atoms with E-state index in [1.807, 2.05) is 7.05 Å². The molecule has 6 heteroatoms. The molecule has 0 radical (unpaired) electrons. The van der Waals surface area contributed by atoms with Gasteiger partial charge in [0, 0.05) is 19.2 Å². The number of carbonyl (C=O) groups is 1. The highest BCUT2D eigenvalue weighted by Crippen LogP contribution is 1.87. The summed E-state index contributed by atoms with van der Waals surface area (Å²) in [5.41, 5.74) is 0. The predicted molar refractivity (Wildman–Crippen MR) is 55.9 cm³/mol. The molecule has 5 nitrogen and oxygen atoms in total. The zero-order valence-corrected chi connectivity index (χ0v) is 9.49. The lowest BCUT2D eigenvalue weighted by atomic mass is 10.3. The molecule has 0 saturated heterocycles. The van der Waals surface area contributed by atoms with E-state index in [9.17, 15) is 13.2 Å². The van der Waals surface area contributed by atoms with Gasteiger partial charge in [-0.1, -0.05) is 0 Å². The van der Waals surface area contributed by atoms with Crippen LogP contribution in [0.25, 0.3) is 0 Å². The topological polar surface area (TPSA) is 75.3 Å². The van der Waals surface area contributed by atoms with Crippen LogP contribution in [0.3, 0.4) is 0 Å². The summed E-state index contributed by atoms with van der Waals surface area (Å²) in [7, 11) is -1.15. The highest BCUT2D eigenvalue weighted by Gasteiger charge is 2.04. The zero-order valence-electron chi connectivity index (χ0n) is 8.67. The van der Waals surface area contributed by atoms with Gasteiger partial charge in [-0.3, -0.25) is 4.79 Å². The van der Waals surface area contributed by atoms with Gasteiger partial charge in [-0.25, -0.2) is 8.42 Å². The third-order valence-electron chi connectivity index (χ3n) is 1.63. The number of nitrogens with one attached hydrogen (secondary N) is 2. The van der Waals surface area contributed by atoms with Crippen molar-refractivity contribution in [2.45, 2.75) is 12.8 Å². The van der Waals surface area contributed by atoms with Crippen LogP contribution in [-0.2, 0) is 14.6 Å².